The lowest BCUT2D eigenvalue weighted by atomic mass is 10.1. The second-order valence-electron chi connectivity index (χ2n) is 5.60. The van der Waals surface area contributed by atoms with Crippen molar-refractivity contribution in [3.8, 4) is 11.1 Å². The Bertz CT molecular complexity index is 1160. The van der Waals surface area contributed by atoms with E-state index in [2.05, 4.69) is 31.2 Å². The van der Waals surface area contributed by atoms with Crippen molar-refractivity contribution in [2.75, 3.05) is 5.32 Å². The van der Waals surface area contributed by atoms with Crippen LogP contribution >= 0.6 is 38.9 Å². The molecule has 0 fully saturated rings. The Balaban J connectivity index is 1.83. The van der Waals surface area contributed by atoms with Crippen LogP contribution in [0.1, 0.15) is 0 Å². The van der Waals surface area contributed by atoms with E-state index in [1.165, 1.54) is 29.8 Å². The number of anilines is 2. The van der Waals surface area contributed by atoms with Gasteiger partial charge in [-0.05, 0) is 39.7 Å². The summed E-state index contributed by atoms with van der Waals surface area (Å²) in [5, 5.41) is 17.8. The molecule has 1 N–H and O–H groups in total. The van der Waals surface area contributed by atoms with Crippen molar-refractivity contribution >= 4 is 66.3 Å². The van der Waals surface area contributed by atoms with Gasteiger partial charge in [0.25, 0.3) is 5.69 Å². The molecule has 0 saturated carbocycles. The van der Waals surface area contributed by atoms with E-state index in [0.29, 0.717) is 21.0 Å². The number of nitrogens with one attached hydrogen (secondary N) is 1. The van der Waals surface area contributed by atoms with Crippen molar-refractivity contribution in [2.24, 2.45) is 0 Å². The predicted octanol–water partition coefficient (Wildman–Crippen LogP) is 6.43. The van der Waals surface area contributed by atoms with E-state index in [1.807, 2.05) is 29.6 Å². The second kappa shape index (κ2) is 7.22. The van der Waals surface area contributed by atoms with Crippen LogP contribution in [-0.4, -0.2) is 14.9 Å². The normalized spacial score (nSPS) is 10.9. The van der Waals surface area contributed by atoms with E-state index in [1.54, 1.807) is 6.07 Å². The minimum Gasteiger partial charge on any atom is -0.338 e. The molecule has 134 valence electrons. The van der Waals surface area contributed by atoms with Gasteiger partial charge in [0.05, 0.1) is 16.0 Å². The fourth-order valence-electron chi connectivity index (χ4n) is 2.66. The molecule has 27 heavy (non-hydrogen) atoms. The lowest BCUT2D eigenvalue weighted by molar-refractivity contribution is -0.384. The third-order valence-electron chi connectivity index (χ3n) is 3.94. The van der Waals surface area contributed by atoms with Crippen molar-refractivity contribution < 1.29 is 4.92 Å². The third kappa shape index (κ3) is 3.51. The van der Waals surface area contributed by atoms with Gasteiger partial charge in [0.1, 0.15) is 17.0 Å². The van der Waals surface area contributed by atoms with Crippen LogP contribution < -0.4 is 5.32 Å². The van der Waals surface area contributed by atoms with Gasteiger partial charge in [-0.15, -0.1) is 11.3 Å². The fraction of sp³-hybridized carbons (Fsp3) is 0. The molecule has 0 aliphatic rings. The number of aromatic nitrogens is 2. The summed E-state index contributed by atoms with van der Waals surface area (Å²) in [6, 6.07) is 12.1. The zero-order chi connectivity index (χ0) is 19.0. The van der Waals surface area contributed by atoms with E-state index in [9.17, 15) is 10.1 Å². The number of halogens is 2. The van der Waals surface area contributed by atoms with Crippen LogP contribution in [-0.2, 0) is 0 Å². The average Bonchev–Trinajstić information content (AvgIpc) is 3.09. The molecular formula is C18H10BrClN4O2S. The van der Waals surface area contributed by atoms with Gasteiger partial charge in [-0.1, -0.05) is 23.7 Å². The van der Waals surface area contributed by atoms with Gasteiger partial charge in [-0.3, -0.25) is 10.1 Å². The maximum absolute atomic E-state index is 11.1. The van der Waals surface area contributed by atoms with Gasteiger partial charge in [-0.2, -0.15) is 0 Å². The molecule has 2 aromatic heterocycles. The number of non-ortho nitro benzene ring substituents is 1. The fourth-order valence-corrected chi connectivity index (χ4v) is 4.05. The minimum absolute atomic E-state index is 0.00533. The molecule has 0 saturated heterocycles. The molecule has 6 nitrogen and oxygen atoms in total. The van der Waals surface area contributed by atoms with Crippen molar-refractivity contribution in [2.45, 2.75) is 0 Å². The molecule has 0 amide bonds. The van der Waals surface area contributed by atoms with Gasteiger partial charge in [0.15, 0.2) is 0 Å². The maximum Gasteiger partial charge on any atom is 0.271 e. The lowest BCUT2D eigenvalue weighted by Crippen LogP contribution is -1.98. The Hall–Kier alpha value is -2.55. The first-order valence-corrected chi connectivity index (χ1v) is 9.77. The topological polar surface area (TPSA) is 81.0 Å². The van der Waals surface area contributed by atoms with Crippen molar-refractivity contribution in [3.63, 3.8) is 0 Å². The van der Waals surface area contributed by atoms with E-state index in [0.717, 1.165) is 21.3 Å². The number of fused-ring (bicyclic) bond motifs is 1. The molecule has 9 heteroatoms. The van der Waals surface area contributed by atoms with Crippen LogP contribution in [0.3, 0.4) is 0 Å². The minimum atomic E-state index is -0.434. The molecule has 0 atom stereocenters. The van der Waals surface area contributed by atoms with Gasteiger partial charge in [0, 0.05) is 32.6 Å². The van der Waals surface area contributed by atoms with Crippen LogP contribution in [0.25, 0.3) is 21.3 Å². The van der Waals surface area contributed by atoms with E-state index in [-0.39, 0.29) is 5.69 Å². The predicted molar refractivity (Wildman–Crippen MR) is 112 cm³/mol. The largest absolute Gasteiger partial charge is 0.338 e. The van der Waals surface area contributed by atoms with Crippen LogP contribution in [0.15, 0.2) is 58.6 Å². The third-order valence-corrected chi connectivity index (χ3v) is 5.77. The number of hydrogen-bond acceptors (Lipinski definition) is 6. The molecule has 0 aliphatic heterocycles. The molecule has 0 bridgehead atoms. The molecule has 0 aliphatic carbocycles. The summed E-state index contributed by atoms with van der Waals surface area (Å²) < 4.78 is 0.697. The number of hydrogen-bond donors (Lipinski definition) is 1. The monoisotopic (exact) mass is 460 g/mol. The highest BCUT2D eigenvalue weighted by Crippen LogP contribution is 2.39. The zero-order valence-electron chi connectivity index (χ0n) is 13.5. The quantitative estimate of drug-likeness (QED) is 0.280. The van der Waals surface area contributed by atoms with E-state index >= 15 is 0 Å². The van der Waals surface area contributed by atoms with Crippen molar-refractivity contribution in [1.82, 2.24) is 9.97 Å². The Kier molecular flexibility index (Phi) is 4.77. The average molecular weight is 462 g/mol. The Labute approximate surface area is 171 Å². The number of thiophene rings is 1. The van der Waals surface area contributed by atoms with Crippen LogP contribution in [0.4, 0.5) is 17.2 Å². The second-order valence-corrected chi connectivity index (χ2v) is 7.75. The van der Waals surface area contributed by atoms with Gasteiger partial charge in [-0.25, -0.2) is 9.97 Å². The van der Waals surface area contributed by atoms with Gasteiger partial charge < -0.3 is 5.32 Å². The Morgan fingerprint density at radius 2 is 1.93 bits per heavy atom. The summed E-state index contributed by atoms with van der Waals surface area (Å²) in [7, 11) is 0. The van der Waals surface area contributed by atoms with E-state index < -0.39 is 4.92 Å². The molecule has 2 heterocycles. The first kappa shape index (κ1) is 17.8. The van der Waals surface area contributed by atoms with Crippen LogP contribution in [0.5, 0.6) is 0 Å². The Morgan fingerprint density at radius 3 is 2.67 bits per heavy atom. The molecule has 0 radical (unpaired) electrons. The van der Waals surface area contributed by atoms with Gasteiger partial charge in [0.2, 0.25) is 0 Å². The number of benzene rings is 2. The van der Waals surface area contributed by atoms with Crippen molar-refractivity contribution in [3.05, 3.63) is 73.8 Å². The molecule has 4 rings (SSSR count). The highest BCUT2D eigenvalue weighted by Gasteiger charge is 2.16. The van der Waals surface area contributed by atoms with Crippen LogP contribution in [0, 0.1) is 10.1 Å². The van der Waals surface area contributed by atoms with Gasteiger partial charge >= 0.3 is 0 Å². The molecule has 4 aromatic rings. The lowest BCUT2D eigenvalue weighted by Gasteiger charge is -2.10. The zero-order valence-corrected chi connectivity index (χ0v) is 16.7. The maximum atomic E-state index is 11.1. The molecular weight excluding hydrogens is 452 g/mol. The molecule has 0 spiro atoms. The number of nitrogens with zero attached hydrogens (tertiary/aromatic N) is 3. The summed E-state index contributed by atoms with van der Waals surface area (Å²) in [6.45, 7) is 0. The number of nitro groups is 1. The Morgan fingerprint density at radius 1 is 1.15 bits per heavy atom. The standard InChI is InChI=1S/C18H10BrClN4O2S/c19-14-6-5-12(24(25)26)7-15(14)23-17-16-13(8-27-18(16)22-9-21-17)10-1-3-11(20)4-2-10/h1-9H,(H,21,22,23). The summed E-state index contributed by atoms with van der Waals surface area (Å²) in [4.78, 5) is 20.2. The first-order valence-electron chi connectivity index (χ1n) is 7.72. The number of rotatable bonds is 4. The summed E-state index contributed by atoms with van der Waals surface area (Å²) in [5.74, 6) is 0.576. The number of nitro benzene ring substituents is 1. The summed E-state index contributed by atoms with van der Waals surface area (Å²) >= 11 is 10.9. The van der Waals surface area contributed by atoms with Crippen LogP contribution in [0.2, 0.25) is 5.02 Å². The summed E-state index contributed by atoms with van der Waals surface area (Å²) in [6.07, 6.45) is 1.47. The molecule has 0 unspecified atom stereocenters. The summed E-state index contributed by atoms with van der Waals surface area (Å²) in [5.41, 5.74) is 2.50. The SMILES string of the molecule is O=[N+]([O-])c1ccc(Br)c(Nc2ncnc3scc(-c4ccc(Cl)cc4)c23)c1. The van der Waals surface area contributed by atoms with E-state index in [4.69, 9.17) is 11.6 Å². The smallest absolute Gasteiger partial charge is 0.271 e. The highest BCUT2D eigenvalue weighted by atomic mass is 79.9. The highest BCUT2D eigenvalue weighted by molar-refractivity contribution is 9.10. The molecule has 2 aromatic carbocycles. The van der Waals surface area contributed by atoms with Crippen molar-refractivity contribution in [1.29, 1.82) is 0 Å². The first-order chi connectivity index (χ1) is 13.0.